The summed E-state index contributed by atoms with van der Waals surface area (Å²) >= 11 is 0. The molecule has 1 unspecified atom stereocenters. The fraction of sp³-hybridized carbons (Fsp3) is 0.364. The van der Waals surface area contributed by atoms with Gasteiger partial charge in [0.05, 0.1) is 6.54 Å². The van der Waals surface area contributed by atoms with E-state index >= 15 is 0 Å². The van der Waals surface area contributed by atoms with E-state index in [2.05, 4.69) is 36.5 Å². The van der Waals surface area contributed by atoms with Gasteiger partial charge in [-0.2, -0.15) is 0 Å². The second-order valence-electron chi connectivity index (χ2n) is 7.04. The van der Waals surface area contributed by atoms with Crippen LogP contribution in [0, 0.1) is 6.92 Å². The number of hydrogen-bond donors (Lipinski definition) is 1. The maximum absolute atomic E-state index is 13.0. The highest BCUT2D eigenvalue weighted by molar-refractivity contribution is 6.06. The minimum Gasteiger partial charge on any atom is -0.341 e. The number of nitrogens with one attached hydrogen (secondary N) is 1. The van der Waals surface area contributed by atoms with Gasteiger partial charge in [-0.05, 0) is 37.0 Å². The maximum atomic E-state index is 13.0. The molecule has 0 spiro atoms. The van der Waals surface area contributed by atoms with Gasteiger partial charge in [-0.1, -0.05) is 55.3 Å². The summed E-state index contributed by atoms with van der Waals surface area (Å²) in [6.07, 6.45) is 3.23. The fourth-order valence-electron chi connectivity index (χ4n) is 3.41. The van der Waals surface area contributed by atoms with Crippen LogP contribution in [0.4, 0.5) is 5.69 Å². The molecular formula is C22H26N2O2. The predicted octanol–water partition coefficient (Wildman–Crippen LogP) is 4.06. The van der Waals surface area contributed by atoms with Crippen molar-refractivity contribution in [1.82, 2.24) is 5.32 Å². The van der Waals surface area contributed by atoms with Gasteiger partial charge in [0, 0.05) is 18.2 Å². The van der Waals surface area contributed by atoms with E-state index in [1.54, 1.807) is 4.90 Å². The van der Waals surface area contributed by atoms with Crippen LogP contribution in [0.3, 0.4) is 0 Å². The van der Waals surface area contributed by atoms with Gasteiger partial charge in [0.2, 0.25) is 5.91 Å². The largest absolute Gasteiger partial charge is 0.341 e. The molecule has 1 aliphatic rings. The van der Waals surface area contributed by atoms with Crippen LogP contribution in [0.2, 0.25) is 0 Å². The molecule has 3 rings (SSSR count). The number of benzene rings is 2. The number of rotatable bonds is 6. The van der Waals surface area contributed by atoms with Crippen LogP contribution >= 0.6 is 0 Å². The number of hydrogen-bond acceptors (Lipinski definition) is 2. The lowest BCUT2D eigenvalue weighted by atomic mass is 10.0. The number of amides is 2. The molecule has 0 aromatic heterocycles. The van der Waals surface area contributed by atoms with Crippen molar-refractivity contribution in [2.75, 3.05) is 4.90 Å². The van der Waals surface area contributed by atoms with E-state index in [0.717, 1.165) is 36.1 Å². The molecule has 0 saturated carbocycles. The van der Waals surface area contributed by atoms with Crippen LogP contribution in [-0.2, 0) is 22.6 Å². The first kappa shape index (κ1) is 18.2. The highest BCUT2D eigenvalue weighted by atomic mass is 16.2. The summed E-state index contributed by atoms with van der Waals surface area (Å²) in [6.45, 7) is 6.18. The summed E-state index contributed by atoms with van der Waals surface area (Å²) in [5, 5.41) is 2.83. The Bertz CT molecular complexity index is 811. The molecule has 0 fully saturated rings. The lowest BCUT2D eigenvalue weighted by Gasteiger charge is -2.18. The highest BCUT2D eigenvalue weighted by Crippen LogP contribution is 2.37. The normalized spacial score (nSPS) is 15.9. The van der Waals surface area contributed by atoms with Crippen molar-refractivity contribution in [3.63, 3.8) is 0 Å². The van der Waals surface area contributed by atoms with Gasteiger partial charge in [0.1, 0.15) is 6.04 Å². The van der Waals surface area contributed by atoms with Gasteiger partial charge in [-0.3, -0.25) is 9.59 Å². The van der Waals surface area contributed by atoms with Crippen LogP contribution in [0.1, 0.15) is 55.0 Å². The maximum Gasteiger partial charge on any atom is 0.254 e. The standard InChI is InChI=1S/C22H26N2O2/c1-4-5-6-17-11-12-20-19(13-17)21(23-16(3)25)22(26)24(20)14-18-9-7-15(2)8-10-18/h7-13,21H,4-6,14H2,1-3H3,(H,23,25). The van der Waals surface area contributed by atoms with Crippen LogP contribution in [0.5, 0.6) is 0 Å². The number of unbranched alkanes of at least 4 members (excludes halogenated alkanes) is 1. The van der Waals surface area contributed by atoms with Crippen LogP contribution in [-0.4, -0.2) is 11.8 Å². The van der Waals surface area contributed by atoms with Crippen LogP contribution in [0.25, 0.3) is 0 Å². The molecule has 2 aromatic carbocycles. The minimum atomic E-state index is -0.588. The Labute approximate surface area is 155 Å². The molecule has 0 aliphatic carbocycles. The van der Waals surface area contributed by atoms with Gasteiger partial charge in [0.15, 0.2) is 0 Å². The zero-order valence-corrected chi connectivity index (χ0v) is 15.7. The average Bonchev–Trinajstić information content (AvgIpc) is 2.86. The van der Waals surface area contributed by atoms with Crippen molar-refractivity contribution in [2.24, 2.45) is 0 Å². The average molecular weight is 350 g/mol. The summed E-state index contributed by atoms with van der Waals surface area (Å²) in [5.74, 6) is -0.256. The summed E-state index contributed by atoms with van der Waals surface area (Å²) in [5.41, 5.74) is 5.29. The van der Waals surface area contributed by atoms with E-state index in [9.17, 15) is 9.59 Å². The van der Waals surface area contributed by atoms with Gasteiger partial charge in [0.25, 0.3) is 5.91 Å². The predicted molar refractivity (Wildman–Crippen MR) is 104 cm³/mol. The Morgan fingerprint density at radius 3 is 2.46 bits per heavy atom. The highest BCUT2D eigenvalue weighted by Gasteiger charge is 2.37. The Balaban J connectivity index is 1.93. The molecule has 1 aliphatic heterocycles. The Hall–Kier alpha value is -2.62. The topological polar surface area (TPSA) is 49.4 Å². The number of anilines is 1. The van der Waals surface area contributed by atoms with E-state index in [4.69, 9.17) is 0 Å². The van der Waals surface area contributed by atoms with Gasteiger partial charge in [-0.15, -0.1) is 0 Å². The third-order valence-electron chi connectivity index (χ3n) is 4.83. The van der Waals surface area contributed by atoms with Gasteiger partial charge in [-0.25, -0.2) is 0 Å². The second kappa shape index (κ2) is 7.73. The summed E-state index contributed by atoms with van der Waals surface area (Å²) < 4.78 is 0. The monoisotopic (exact) mass is 350 g/mol. The first-order chi connectivity index (χ1) is 12.5. The summed E-state index contributed by atoms with van der Waals surface area (Å²) in [6, 6.07) is 13.8. The number of carbonyl (C=O) groups is 2. The van der Waals surface area contributed by atoms with E-state index in [-0.39, 0.29) is 11.8 Å². The second-order valence-corrected chi connectivity index (χ2v) is 7.04. The van der Waals surface area contributed by atoms with E-state index in [1.807, 2.05) is 25.1 Å². The first-order valence-electron chi connectivity index (χ1n) is 9.26. The van der Waals surface area contributed by atoms with Crippen molar-refractivity contribution in [3.8, 4) is 0 Å². The third kappa shape index (κ3) is 3.79. The molecule has 1 atom stereocenters. The first-order valence-corrected chi connectivity index (χ1v) is 9.26. The number of carbonyl (C=O) groups excluding carboxylic acids is 2. The quantitative estimate of drug-likeness (QED) is 0.854. The van der Waals surface area contributed by atoms with Crippen LogP contribution in [0.15, 0.2) is 42.5 Å². The third-order valence-corrected chi connectivity index (χ3v) is 4.83. The fourth-order valence-corrected chi connectivity index (χ4v) is 3.41. The molecule has 2 aromatic rings. The summed E-state index contributed by atoms with van der Waals surface area (Å²) in [4.78, 5) is 26.4. The Kier molecular flexibility index (Phi) is 5.40. The molecule has 0 bridgehead atoms. The molecule has 0 saturated heterocycles. The number of nitrogens with zero attached hydrogens (tertiary/aromatic N) is 1. The lowest BCUT2D eigenvalue weighted by molar-refractivity contribution is -0.126. The molecule has 4 nitrogen and oxygen atoms in total. The molecule has 26 heavy (non-hydrogen) atoms. The van der Waals surface area contributed by atoms with E-state index in [1.165, 1.54) is 18.1 Å². The summed E-state index contributed by atoms with van der Waals surface area (Å²) in [7, 11) is 0. The Morgan fingerprint density at radius 1 is 1.12 bits per heavy atom. The molecule has 1 heterocycles. The van der Waals surface area contributed by atoms with Crippen molar-refractivity contribution < 1.29 is 9.59 Å². The number of fused-ring (bicyclic) bond motifs is 1. The molecule has 1 N–H and O–H groups in total. The van der Waals surface area contributed by atoms with Crippen molar-refractivity contribution >= 4 is 17.5 Å². The zero-order valence-electron chi connectivity index (χ0n) is 15.7. The van der Waals surface area contributed by atoms with Crippen molar-refractivity contribution in [2.45, 2.75) is 52.6 Å². The van der Waals surface area contributed by atoms with E-state index in [0.29, 0.717) is 6.54 Å². The molecule has 0 radical (unpaired) electrons. The van der Waals surface area contributed by atoms with Crippen molar-refractivity contribution in [1.29, 1.82) is 0 Å². The van der Waals surface area contributed by atoms with Gasteiger partial charge >= 0.3 is 0 Å². The smallest absolute Gasteiger partial charge is 0.254 e. The molecule has 2 amide bonds. The number of aryl methyl sites for hydroxylation is 2. The SMILES string of the molecule is CCCCc1ccc2c(c1)C(NC(C)=O)C(=O)N2Cc1ccc(C)cc1. The van der Waals surface area contributed by atoms with Crippen LogP contribution < -0.4 is 10.2 Å². The Morgan fingerprint density at radius 2 is 1.81 bits per heavy atom. The lowest BCUT2D eigenvalue weighted by Crippen LogP contribution is -2.36. The molecule has 136 valence electrons. The van der Waals surface area contributed by atoms with E-state index < -0.39 is 6.04 Å². The van der Waals surface area contributed by atoms with Gasteiger partial charge < -0.3 is 10.2 Å². The zero-order chi connectivity index (χ0) is 18.7. The minimum absolute atomic E-state index is 0.0663. The van der Waals surface area contributed by atoms with Crippen molar-refractivity contribution in [3.05, 3.63) is 64.7 Å². The molecule has 4 heteroatoms. The molecular weight excluding hydrogens is 324 g/mol.